The quantitative estimate of drug-likeness (QED) is 0.581. The van der Waals surface area contributed by atoms with Gasteiger partial charge in [-0.15, -0.1) is 5.10 Å². The fourth-order valence-electron chi connectivity index (χ4n) is 5.45. The largest absolute Gasteiger partial charge is 0.306 e. The van der Waals surface area contributed by atoms with Crippen LogP contribution in [0.5, 0.6) is 0 Å². The van der Waals surface area contributed by atoms with Crippen molar-refractivity contribution in [3.63, 3.8) is 0 Å². The van der Waals surface area contributed by atoms with Crippen LogP contribution in [0.4, 0.5) is 0 Å². The highest BCUT2D eigenvalue weighted by atomic mass is 35.5. The third-order valence-electron chi connectivity index (χ3n) is 7.44. The third-order valence-corrected chi connectivity index (χ3v) is 9.54. The van der Waals surface area contributed by atoms with Crippen LogP contribution in [0, 0.1) is 0 Å². The highest BCUT2D eigenvalue weighted by molar-refractivity contribution is 7.89. The summed E-state index contributed by atoms with van der Waals surface area (Å²) < 4.78 is 29.1. The number of benzene rings is 1. The average Bonchev–Trinajstić information content (AvgIpc) is 3.38. The maximum absolute atomic E-state index is 12.9. The molecule has 0 aliphatic carbocycles. The Morgan fingerprint density at radius 3 is 2.41 bits per heavy atom. The van der Waals surface area contributed by atoms with Crippen LogP contribution >= 0.6 is 11.6 Å². The summed E-state index contributed by atoms with van der Waals surface area (Å²) in [6.45, 7) is 7.62. The second kappa shape index (κ2) is 10.2. The highest BCUT2D eigenvalue weighted by Gasteiger charge is 2.40. The fourth-order valence-corrected chi connectivity index (χ4v) is 7.41. The summed E-state index contributed by atoms with van der Waals surface area (Å²) in [5.41, 5.74) is 1.69. The Morgan fingerprint density at radius 1 is 1.00 bits per heavy atom. The molecule has 4 heterocycles. The summed E-state index contributed by atoms with van der Waals surface area (Å²) in [6, 6.07) is 8.34. The molecule has 186 valence electrons. The van der Waals surface area contributed by atoms with Crippen LogP contribution in [0.15, 0.2) is 30.5 Å². The lowest BCUT2D eigenvalue weighted by Gasteiger charge is -2.43. The van der Waals surface area contributed by atoms with Gasteiger partial charge < -0.3 is 4.90 Å². The van der Waals surface area contributed by atoms with E-state index < -0.39 is 10.0 Å². The van der Waals surface area contributed by atoms with Crippen LogP contribution in [0.25, 0.3) is 0 Å². The molecule has 0 saturated carbocycles. The number of likely N-dealkylation sites (tertiary alicyclic amines) is 1. The molecule has 3 aliphatic heterocycles. The second-order valence-corrected chi connectivity index (χ2v) is 12.3. The van der Waals surface area contributed by atoms with Crippen LogP contribution < -0.4 is 0 Å². The van der Waals surface area contributed by atoms with Gasteiger partial charge in [-0.25, -0.2) is 13.1 Å². The van der Waals surface area contributed by atoms with Gasteiger partial charge in [-0.3, -0.25) is 9.80 Å². The number of hydrogen-bond donors (Lipinski definition) is 0. The number of piperazine rings is 1. The first-order chi connectivity index (χ1) is 16.4. The van der Waals surface area contributed by atoms with Gasteiger partial charge >= 0.3 is 0 Å². The van der Waals surface area contributed by atoms with E-state index in [-0.39, 0.29) is 18.3 Å². The number of piperidine rings is 1. The van der Waals surface area contributed by atoms with Crippen molar-refractivity contribution in [3.05, 3.63) is 46.7 Å². The second-order valence-electron chi connectivity index (χ2n) is 9.87. The van der Waals surface area contributed by atoms with Crippen molar-refractivity contribution in [2.24, 2.45) is 0 Å². The Balaban J connectivity index is 1.14. The average molecular weight is 508 g/mol. The molecule has 11 heteroatoms. The summed E-state index contributed by atoms with van der Waals surface area (Å²) in [5, 5.41) is 9.08. The normalized spacial score (nSPS) is 25.8. The van der Waals surface area contributed by atoms with Gasteiger partial charge in [0.15, 0.2) is 0 Å². The van der Waals surface area contributed by atoms with Crippen LogP contribution in [0.2, 0.25) is 5.02 Å². The lowest BCUT2D eigenvalue weighted by Crippen LogP contribution is -2.55. The van der Waals surface area contributed by atoms with Gasteiger partial charge in [-0.05, 0) is 50.7 Å². The minimum Gasteiger partial charge on any atom is -0.306 e. The standard InChI is InChI=1S/C23H34ClN7O2S/c1-27-7-5-22(6-8-27)28-9-11-29(12-10-28)23-17-31(34(32,33)18-23)16-21-15-30(26-25-21)14-19-3-2-4-20(24)13-19/h2-4,13,15,22-23H,5-12,14,16-18H2,1H3. The number of nitrogens with zero attached hydrogens (tertiary/aromatic N) is 7. The number of halogens is 1. The summed E-state index contributed by atoms with van der Waals surface area (Å²) >= 11 is 6.06. The van der Waals surface area contributed by atoms with Crippen molar-refractivity contribution >= 4 is 21.6 Å². The summed E-state index contributed by atoms with van der Waals surface area (Å²) in [4.78, 5) is 7.39. The smallest absolute Gasteiger partial charge is 0.216 e. The zero-order valence-electron chi connectivity index (χ0n) is 19.8. The van der Waals surface area contributed by atoms with Gasteiger partial charge in [0.2, 0.25) is 10.0 Å². The van der Waals surface area contributed by atoms with E-state index in [1.165, 1.54) is 25.9 Å². The molecule has 2 aromatic rings. The van der Waals surface area contributed by atoms with Crippen molar-refractivity contribution in [1.29, 1.82) is 0 Å². The van der Waals surface area contributed by atoms with Gasteiger partial charge in [0.25, 0.3) is 0 Å². The maximum atomic E-state index is 12.9. The molecule has 9 nitrogen and oxygen atoms in total. The molecular weight excluding hydrogens is 474 g/mol. The van der Waals surface area contributed by atoms with Gasteiger partial charge in [0.1, 0.15) is 0 Å². The van der Waals surface area contributed by atoms with E-state index >= 15 is 0 Å². The molecule has 0 amide bonds. The molecule has 1 unspecified atom stereocenters. The summed E-state index contributed by atoms with van der Waals surface area (Å²) in [7, 11) is -1.11. The van der Waals surface area contributed by atoms with Crippen LogP contribution in [0.1, 0.15) is 24.1 Å². The molecule has 3 fully saturated rings. The molecule has 34 heavy (non-hydrogen) atoms. The van der Waals surface area contributed by atoms with E-state index in [0.29, 0.717) is 29.8 Å². The van der Waals surface area contributed by atoms with E-state index in [9.17, 15) is 8.42 Å². The van der Waals surface area contributed by atoms with Crippen molar-refractivity contribution in [3.8, 4) is 0 Å². The van der Waals surface area contributed by atoms with E-state index in [4.69, 9.17) is 11.6 Å². The van der Waals surface area contributed by atoms with E-state index in [1.54, 1.807) is 8.99 Å². The number of hydrogen-bond acceptors (Lipinski definition) is 7. The highest BCUT2D eigenvalue weighted by Crippen LogP contribution is 2.24. The zero-order valence-corrected chi connectivity index (χ0v) is 21.3. The predicted octanol–water partition coefficient (Wildman–Crippen LogP) is 1.21. The number of aromatic nitrogens is 3. The Morgan fingerprint density at radius 2 is 1.71 bits per heavy atom. The van der Waals surface area contributed by atoms with Gasteiger partial charge in [-0.1, -0.05) is 28.9 Å². The van der Waals surface area contributed by atoms with Crippen LogP contribution in [0.3, 0.4) is 0 Å². The van der Waals surface area contributed by atoms with E-state index in [2.05, 4.69) is 32.1 Å². The summed E-state index contributed by atoms with van der Waals surface area (Å²) in [6.07, 6.45) is 4.30. The topological polar surface area (TPSA) is 77.8 Å². The molecule has 1 aromatic heterocycles. The third kappa shape index (κ3) is 5.63. The van der Waals surface area contributed by atoms with Gasteiger partial charge in [0, 0.05) is 49.8 Å². The predicted molar refractivity (Wildman–Crippen MR) is 132 cm³/mol. The van der Waals surface area contributed by atoms with Crippen molar-refractivity contribution in [2.75, 3.05) is 58.6 Å². The Kier molecular flexibility index (Phi) is 7.25. The summed E-state index contributed by atoms with van der Waals surface area (Å²) in [5.74, 6) is 0.192. The Labute approximate surface area is 207 Å². The minimum absolute atomic E-state index is 0.0474. The molecule has 0 spiro atoms. The SMILES string of the molecule is CN1CCC(N2CCN(C3CN(Cc4cn(Cc5cccc(Cl)c5)nn4)S(=O)(=O)C3)CC2)CC1. The molecule has 0 N–H and O–H groups in total. The lowest BCUT2D eigenvalue weighted by atomic mass is 10.0. The lowest BCUT2D eigenvalue weighted by molar-refractivity contribution is 0.0496. The first-order valence-corrected chi connectivity index (χ1v) is 14.1. The monoisotopic (exact) mass is 507 g/mol. The zero-order chi connectivity index (χ0) is 23.7. The van der Waals surface area contributed by atoms with Gasteiger partial charge in [-0.2, -0.15) is 4.31 Å². The van der Waals surface area contributed by atoms with Crippen molar-refractivity contribution in [1.82, 2.24) is 34.0 Å². The Hall–Kier alpha value is -1.56. The van der Waals surface area contributed by atoms with Crippen LogP contribution in [-0.4, -0.2) is 113 Å². The molecule has 0 bridgehead atoms. The van der Waals surface area contributed by atoms with Gasteiger partial charge in [0.05, 0.1) is 30.7 Å². The van der Waals surface area contributed by atoms with Crippen LogP contribution in [-0.2, 0) is 23.1 Å². The molecule has 3 aliphatic rings. The Bertz CT molecular complexity index is 1080. The minimum atomic E-state index is -3.30. The molecule has 3 saturated heterocycles. The van der Waals surface area contributed by atoms with Crippen molar-refractivity contribution < 1.29 is 8.42 Å². The number of rotatable bonds is 6. The van der Waals surface area contributed by atoms with E-state index in [0.717, 1.165) is 31.7 Å². The molecule has 1 atom stereocenters. The molecule has 5 rings (SSSR count). The first-order valence-electron chi connectivity index (χ1n) is 12.1. The molecular formula is C23H34ClN7O2S. The van der Waals surface area contributed by atoms with Crippen molar-refractivity contribution in [2.45, 2.75) is 38.0 Å². The molecule has 0 radical (unpaired) electrons. The first kappa shape index (κ1) is 24.1. The fraction of sp³-hybridized carbons (Fsp3) is 0.652. The number of sulfonamides is 1. The maximum Gasteiger partial charge on any atom is 0.216 e. The van der Waals surface area contributed by atoms with E-state index in [1.807, 2.05) is 30.5 Å². The molecule has 1 aromatic carbocycles.